The molecule has 0 radical (unpaired) electrons. The summed E-state index contributed by atoms with van der Waals surface area (Å²) in [6.07, 6.45) is -1.89. The second-order valence-electron chi connectivity index (χ2n) is 5.77. The van der Waals surface area contributed by atoms with Gasteiger partial charge in [-0.1, -0.05) is 11.6 Å². The van der Waals surface area contributed by atoms with Gasteiger partial charge in [0.05, 0.1) is 12.2 Å². The van der Waals surface area contributed by atoms with Crippen LogP contribution < -0.4 is 0 Å². The van der Waals surface area contributed by atoms with E-state index in [9.17, 15) is 18.0 Å². The first-order valence-electron chi connectivity index (χ1n) is 7.30. The number of aromatic amines is 1. The molecule has 0 spiro atoms. The Balaban J connectivity index is 1.85. The number of hydrogen-bond donors (Lipinski definition) is 1. The number of amides is 1. The molecule has 0 saturated heterocycles. The SMILES string of the molecule is CN(Cc1n[nH]c2c1CCC2)C(=O)c1c(Cl)c(C(F)(F)F)nn1C. The Hall–Kier alpha value is -2.03. The van der Waals surface area contributed by atoms with Crippen LogP contribution in [-0.4, -0.2) is 37.8 Å². The number of H-pyrrole nitrogens is 1. The Kier molecular flexibility index (Phi) is 4.06. The molecule has 130 valence electrons. The molecular weight excluding hydrogens is 347 g/mol. The highest BCUT2D eigenvalue weighted by Crippen LogP contribution is 2.35. The standard InChI is InChI=1S/C14H15ClF3N5O/c1-22(6-9-7-4-3-5-8(7)19-20-9)13(24)11-10(15)12(14(16,17)18)21-23(11)2/h3-6H2,1-2H3,(H,19,20). The summed E-state index contributed by atoms with van der Waals surface area (Å²) >= 11 is 5.76. The van der Waals surface area contributed by atoms with Crippen molar-refractivity contribution >= 4 is 17.5 Å². The summed E-state index contributed by atoms with van der Waals surface area (Å²) < 4.78 is 39.4. The topological polar surface area (TPSA) is 66.8 Å². The molecule has 0 atom stereocenters. The normalized spacial score (nSPS) is 14.1. The number of carbonyl (C=O) groups excluding carboxylic acids is 1. The van der Waals surface area contributed by atoms with Crippen LogP contribution in [0.4, 0.5) is 13.2 Å². The van der Waals surface area contributed by atoms with E-state index in [1.807, 2.05) is 0 Å². The number of rotatable bonds is 3. The largest absolute Gasteiger partial charge is 0.436 e. The minimum absolute atomic E-state index is 0.188. The zero-order valence-corrected chi connectivity index (χ0v) is 13.8. The van der Waals surface area contributed by atoms with Gasteiger partial charge >= 0.3 is 6.18 Å². The molecule has 0 unspecified atom stereocenters. The molecule has 2 aromatic heterocycles. The molecule has 24 heavy (non-hydrogen) atoms. The van der Waals surface area contributed by atoms with Crippen molar-refractivity contribution in [3.8, 4) is 0 Å². The van der Waals surface area contributed by atoms with E-state index in [1.165, 1.54) is 19.0 Å². The van der Waals surface area contributed by atoms with Crippen LogP contribution in [0.5, 0.6) is 0 Å². The minimum atomic E-state index is -4.71. The molecule has 10 heteroatoms. The molecule has 6 nitrogen and oxygen atoms in total. The Morgan fingerprint density at radius 1 is 1.42 bits per heavy atom. The fourth-order valence-electron chi connectivity index (χ4n) is 2.91. The minimum Gasteiger partial charge on any atom is -0.334 e. The molecule has 1 aliphatic carbocycles. The van der Waals surface area contributed by atoms with Crippen molar-refractivity contribution in [2.75, 3.05) is 7.05 Å². The molecule has 0 saturated carbocycles. The van der Waals surface area contributed by atoms with Crippen LogP contribution >= 0.6 is 11.6 Å². The summed E-state index contributed by atoms with van der Waals surface area (Å²) in [5.74, 6) is -0.639. The highest BCUT2D eigenvalue weighted by atomic mass is 35.5. The van der Waals surface area contributed by atoms with Crippen LogP contribution in [0.1, 0.15) is 39.6 Å². The van der Waals surface area contributed by atoms with Gasteiger partial charge in [-0.25, -0.2) is 0 Å². The first-order chi connectivity index (χ1) is 11.2. The Morgan fingerprint density at radius 3 is 2.75 bits per heavy atom. The van der Waals surface area contributed by atoms with Crippen LogP contribution in [0.15, 0.2) is 0 Å². The Morgan fingerprint density at radius 2 is 2.12 bits per heavy atom. The van der Waals surface area contributed by atoms with Crippen LogP contribution in [-0.2, 0) is 32.6 Å². The molecule has 2 aromatic rings. The quantitative estimate of drug-likeness (QED) is 0.913. The van der Waals surface area contributed by atoms with E-state index in [2.05, 4.69) is 15.3 Å². The molecule has 1 aliphatic rings. The maximum Gasteiger partial charge on any atom is 0.436 e. The van der Waals surface area contributed by atoms with Crippen molar-refractivity contribution in [3.63, 3.8) is 0 Å². The van der Waals surface area contributed by atoms with Crippen molar-refractivity contribution in [3.05, 3.63) is 33.4 Å². The van der Waals surface area contributed by atoms with Crippen molar-refractivity contribution in [2.45, 2.75) is 32.0 Å². The number of carbonyl (C=O) groups is 1. The van der Waals surface area contributed by atoms with Gasteiger partial charge in [0.25, 0.3) is 5.91 Å². The van der Waals surface area contributed by atoms with Crippen LogP contribution in [0, 0.1) is 0 Å². The van der Waals surface area contributed by atoms with Gasteiger partial charge in [-0.3, -0.25) is 14.6 Å². The van der Waals surface area contributed by atoms with Crippen molar-refractivity contribution in [1.82, 2.24) is 24.9 Å². The smallest absolute Gasteiger partial charge is 0.334 e. The predicted molar refractivity (Wildman–Crippen MR) is 79.6 cm³/mol. The summed E-state index contributed by atoms with van der Waals surface area (Å²) in [6, 6.07) is 0. The maximum atomic E-state index is 12.9. The van der Waals surface area contributed by atoms with Gasteiger partial charge in [-0.15, -0.1) is 0 Å². The van der Waals surface area contributed by atoms with Crippen molar-refractivity contribution in [1.29, 1.82) is 0 Å². The van der Waals surface area contributed by atoms with Gasteiger partial charge in [0, 0.05) is 19.8 Å². The van der Waals surface area contributed by atoms with Gasteiger partial charge in [0.1, 0.15) is 10.7 Å². The number of aromatic nitrogens is 4. The first-order valence-corrected chi connectivity index (χ1v) is 7.68. The predicted octanol–water partition coefficient (Wildman–Crippen LogP) is 2.58. The van der Waals surface area contributed by atoms with E-state index in [0.717, 1.165) is 40.9 Å². The van der Waals surface area contributed by atoms with Crippen molar-refractivity contribution in [2.24, 2.45) is 7.05 Å². The summed E-state index contributed by atoms with van der Waals surface area (Å²) in [4.78, 5) is 13.8. The van der Waals surface area contributed by atoms with Gasteiger partial charge in [0.15, 0.2) is 5.69 Å². The second-order valence-corrected chi connectivity index (χ2v) is 6.15. The molecular formula is C14H15ClF3N5O. The summed E-state index contributed by atoms with van der Waals surface area (Å²) in [6.45, 7) is 0.188. The average molecular weight is 362 g/mol. The molecule has 1 N–H and O–H groups in total. The summed E-state index contributed by atoms with van der Waals surface area (Å²) in [5, 5.41) is 9.77. The second kappa shape index (κ2) is 5.80. The lowest BCUT2D eigenvalue weighted by molar-refractivity contribution is -0.141. The Bertz CT molecular complexity index is 795. The monoisotopic (exact) mass is 361 g/mol. The molecule has 0 aliphatic heterocycles. The molecule has 1 amide bonds. The van der Waals surface area contributed by atoms with E-state index in [1.54, 1.807) is 0 Å². The fourth-order valence-corrected chi connectivity index (χ4v) is 3.26. The van der Waals surface area contributed by atoms with E-state index >= 15 is 0 Å². The fraction of sp³-hybridized carbons (Fsp3) is 0.500. The molecule has 0 bridgehead atoms. The summed E-state index contributed by atoms with van der Waals surface area (Å²) in [7, 11) is 2.75. The zero-order chi connectivity index (χ0) is 17.6. The third-order valence-electron chi connectivity index (χ3n) is 4.09. The van der Waals surface area contributed by atoms with Crippen molar-refractivity contribution < 1.29 is 18.0 Å². The number of fused-ring (bicyclic) bond motifs is 1. The lowest BCUT2D eigenvalue weighted by atomic mass is 10.2. The number of nitrogens with zero attached hydrogens (tertiary/aromatic N) is 4. The Labute approximate surface area is 140 Å². The lowest BCUT2D eigenvalue weighted by Crippen LogP contribution is -2.28. The van der Waals surface area contributed by atoms with Crippen LogP contribution in [0.25, 0.3) is 0 Å². The van der Waals surface area contributed by atoms with E-state index in [-0.39, 0.29) is 12.2 Å². The number of hydrogen-bond acceptors (Lipinski definition) is 3. The van der Waals surface area contributed by atoms with Gasteiger partial charge in [-0.2, -0.15) is 23.4 Å². The van der Waals surface area contributed by atoms with Crippen LogP contribution in [0.2, 0.25) is 5.02 Å². The lowest BCUT2D eigenvalue weighted by Gasteiger charge is -2.16. The van der Waals surface area contributed by atoms with E-state index in [0.29, 0.717) is 0 Å². The molecule has 3 rings (SSSR count). The van der Waals surface area contributed by atoms with Gasteiger partial charge in [-0.05, 0) is 24.8 Å². The molecule has 2 heterocycles. The zero-order valence-electron chi connectivity index (χ0n) is 13.0. The van der Waals surface area contributed by atoms with Gasteiger partial charge < -0.3 is 4.90 Å². The number of alkyl halides is 3. The highest BCUT2D eigenvalue weighted by molar-refractivity contribution is 6.34. The maximum absolute atomic E-state index is 12.9. The van der Waals surface area contributed by atoms with Crippen LogP contribution in [0.3, 0.4) is 0 Å². The average Bonchev–Trinajstić information content (AvgIpc) is 3.14. The molecule has 0 fully saturated rings. The third-order valence-corrected chi connectivity index (χ3v) is 4.44. The molecule has 0 aromatic carbocycles. The first kappa shape index (κ1) is 16.8. The van der Waals surface area contributed by atoms with E-state index < -0.39 is 22.8 Å². The summed E-state index contributed by atoms with van der Waals surface area (Å²) in [5.41, 5.74) is 1.32. The third kappa shape index (κ3) is 2.77. The highest BCUT2D eigenvalue weighted by Gasteiger charge is 2.40. The van der Waals surface area contributed by atoms with E-state index in [4.69, 9.17) is 11.6 Å². The number of halogens is 4. The number of aryl methyl sites for hydroxylation is 2. The van der Waals surface area contributed by atoms with Gasteiger partial charge in [0.2, 0.25) is 0 Å². The number of nitrogens with one attached hydrogen (secondary N) is 1.